The molecule has 2 N–H and O–H groups in total. The molecular formula is C14H19N3O3S. The molecular weight excluding hydrogens is 290 g/mol. The molecule has 0 saturated carbocycles. The van der Waals surface area contributed by atoms with Crippen molar-refractivity contribution in [1.29, 1.82) is 0 Å². The van der Waals surface area contributed by atoms with Gasteiger partial charge in [0.1, 0.15) is 11.3 Å². The van der Waals surface area contributed by atoms with Gasteiger partial charge in [-0.25, -0.2) is 4.98 Å². The maximum atomic E-state index is 11.8. The van der Waals surface area contributed by atoms with Crippen molar-refractivity contribution in [2.45, 2.75) is 6.42 Å². The molecule has 0 spiro atoms. The number of nitrogens with one attached hydrogen (secondary N) is 2. The standard InChI is InChI=1S/C14H19N3O3S/c1-19-7-5-15-3-4-16-13(18)8-12-10-21-14(17-12)11-2-6-20-9-11/h2,6,9-10,15H,3-5,7-8H2,1H3,(H,16,18). The molecule has 1 amide bonds. The zero-order valence-corrected chi connectivity index (χ0v) is 12.7. The minimum atomic E-state index is -0.0208. The molecule has 0 aliphatic rings. The van der Waals surface area contributed by atoms with Gasteiger partial charge in [-0.1, -0.05) is 0 Å². The summed E-state index contributed by atoms with van der Waals surface area (Å²) < 4.78 is 9.94. The van der Waals surface area contributed by atoms with Crippen molar-refractivity contribution in [3.8, 4) is 10.6 Å². The van der Waals surface area contributed by atoms with Crippen LogP contribution >= 0.6 is 11.3 Å². The van der Waals surface area contributed by atoms with Crippen LogP contribution in [-0.2, 0) is 16.0 Å². The van der Waals surface area contributed by atoms with E-state index < -0.39 is 0 Å². The summed E-state index contributed by atoms with van der Waals surface area (Å²) in [6.07, 6.45) is 3.56. The molecule has 0 atom stereocenters. The van der Waals surface area contributed by atoms with E-state index in [1.807, 2.05) is 11.4 Å². The van der Waals surface area contributed by atoms with Crippen molar-refractivity contribution in [2.24, 2.45) is 0 Å². The predicted octanol–water partition coefficient (Wildman–Crippen LogP) is 1.30. The lowest BCUT2D eigenvalue weighted by Crippen LogP contribution is -2.33. The Labute approximate surface area is 127 Å². The Morgan fingerprint density at radius 3 is 3.10 bits per heavy atom. The van der Waals surface area contributed by atoms with E-state index in [1.54, 1.807) is 19.6 Å². The summed E-state index contributed by atoms with van der Waals surface area (Å²) in [5.74, 6) is -0.0208. The second kappa shape index (κ2) is 8.56. The molecule has 2 rings (SSSR count). The highest BCUT2D eigenvalue weighted by Crippen LogP contribution is 2.23. The monoisotopic (exact) mass is 309 g/mol. The van der Waals surface area contributed by atoms with Crippen molar-refractivity contribution < 1.29 is 13.9 Å². The number of aromatic nitrogens is 1. The third-order valence-electron chi connectivity index (χ3n) is 2.77. The van der Waals surface area contributed by atoms with Crippen molar-refractivity contribution in [3.63, 3.8) is 0 Å². The van der Waals surface area contributed by atoms with E-state index in [4.69, 9.17) is 9.15 Å². The Kier molecular flexibility index (Phi) is 6.39. The fraction of sp³-hybridized carbons (Fsp3) is 0.429. The smallest absolute Gasteiger partial charge is 0.226 e. The molecule has 0 bridgehead atoms. The summed E-state index contributed by atoms with van der Waals surface area (Å²) >= 11 is 1.51. The molecule has 2 aromatic rings. The first kappa shape index (κ1) is 15.7. The minimum absolute atomic E-state index is 0.0208. The number of amides is 1. The summed E-state index contributed by atoms with van der Waals surface area (Å²) in [6, 6.07) is 1.86. The average molecular weight is 309 g/mol. The van der Waals surface area contributed by atoms with Crippen LogP contribution in [0.25, 0.3) is 10.6 Å². The van der Waals surface area contributed by atoms with Crippen molar-refractivity contribution >= 4 is 17.2 Å². The van der Waals surface area contributed by atoms with Crippen LogP contribution < -0.4 is 10.6 Å². The first-order valence-electron chi connectivity index (χ1n) is 6.73. The van der Waals surface area contributed by atoms with Gasteiger partial charge in [-0.15, -0.1) is 11.3 Å². The quantitative estimate of drug-likeness (QED) is 0.683. The van der Waals surface area contributed by atoms with Gasteiger partial charge in [0, 0.05) is 37.7 Å². The van der Waals surface area contributed by atoms with E-state index >= 15 is 0 Å². The minimum Gasteiger partial charge on any atom is -0.472 e. The second-order valence-corrected chi connectivity index (χ2v) is 5.28. The van der Waals surface area contributed by atoms with E-state index in [0.29, 0.717) is 19.6 Å². The average Bonchev–Trinajstić information content (AvgIpc) is 3.13. The van der Waals surface area contributed by atoms with Crippen LogP contribution in [-0.4, -0.2) is 44.2 Å². The van der Waals surface area contributed by atoms with Gasteiger partial charge in [0.2, 0.25) is 5.91 Å². The van der Waals surface area contributed by atoms with Crippen molar-refractivity contribution in [2.75, 3.05) is 33.4 Å². The first-order chi connectivity index (χ1) is 10.3. The third-order valence-corrected chi connectivity index (χ3v) is 3.71. The van der Waals surface area contributed by atoms with Crippen LogP contribution in [0.2, 0.25) is 0 Å². The van der Waals surface area contributed by atoms with E-state index in [-0.39, 0.29) is 5.91 Å². The summed E-state index contributed by atoms with van der Waals surface area (Å²) in [6.45, 7) is 2.78. The first-order valence-corrected chi connectivity index (χ1v) is 7.61. The molecule has 0 aliphatic carbocycles. The fourth-order valence-electron chi connectivity index (χ4n) is 1.72. The number of ether oxygens (including phenoxy) is 1. The molecule has 21 heavy (non-hydrogen) atoms. The number of rotatable bonds is 9. The molecule has 0 fully saturated rings. The van der Waals surface area contributed by atoms with Gasteiger partial charge in [0.05, 0.1) is 25.0 Å². The van der Waals surface area contributed by atoms with Crippen molar-refractivity contribution in [1.82, 2.24) is 15.6 Å². The number of furan rings is 1. The lowest BCUT2D eigenvalue weighted by Gasteiger charge is -2.05. The van der Waals surface area contributed by atoms with Gasteiger partial charge in [-0.2, -0.15) is 0 Å². The van der Waals surface area contributed by atoms with E-state index in [2.05, 4.69) is 15.6 Å². The number of carbonyl (C=O) groups is 1. The zero-order chi connectivity index (χ0) is 14.9. The molecule has 0 unspecified atom stereocenters. The molecule has 2 heterocycles. The van der Waals surface area contributed by atoms with Crippen LogP contribution in [0.5, 0.6) is 0 Å². The number of methoxy groups -OCH3 is 1. The van der Waals surface area contributed by atoms with Crippen LogP contribution in [0.4, 0.5) is 0 Å². The SMILES string of the molecule is COCCNCCNC(=O)Cc1csc(-c2ccoc2)n1. The van der Waals surface area contributed by atoms with Gasteiger partial charge >= 0.3 is 0 Å². The number of thiazole rings is 1. The highest BCUT2D eigenvalue weighted by molar-refractivity contribution is 7.13. The number of hydrogen-bond donors (Lipinski definition) is 2. The van der Waals surface area contributed by atoms with Gasteiger partial charge < -0.3 is 19.8 Å². The zero-order valence-electron chi connectivity index (χ0n) is 11.9. The maximum absolute atomic E-state index is 11.8. The largest absolute Gasteiger partial charge is 0.472 e. The summed E-state index contributed by atoms with van der Waals surface area (Å²) in [7, 11) is 1.66. The summed E-state index contributed by atoms with van der Waals surface area (Å²) in [5.41, 5.74) is 1.72. The highest BCUT2D eigenvalue weighted by Gasteiger charge is 2.09. The maximum Gasteiger partial charge on any atom is 0.226 e. The molecule has 0 aromatic carbocycles. The van der Waals surface area contributed by atoms with E-state index in [0.717, 1.165) is 29.4 Å². The summed E-state index contributed by atoms with van der Waals surface area (Å²) in [5, 5.41) is 8.79. The number of carbonyl (C=O) groups excluding carboxylic acids is 1. The van der Waals surface area contributed by atoms with Gasteiger partial charge in [-0.05, 0) is 6.07 Å². The lowest BCUT2D eigenvalue weighted by molar-refractivity contribution is -0.120. The summed E-state index contributed by atoms with van der Waals surface area (Å²) in [4.78, 5) is 16.2. The Bertz CT molecular complexity index is 539. The third kappa shape index (κ3) is 5.30. The molecule has 6 nitrogen and oxygen atoms in total. The van der Waals surface area contributed by atoms with Gasteiger partial charge in [-0.3, -0.25) is 4.79 Å². The van der Waals surface area contributed by atoms with E-state index in [9.17, 15) is 4.79 Å². The number of nitrogens with zero attached hydrogens (tertiary/aromatic N) is 1. The topological polar surface area (TPSA) is 76.4 Å². The molecule has 0 saturated heterocycles. The van der Waals surface area contributed by atoms with Crippen molar-refractivity contribution in [3.05, 3.63) is 29.7 Å². The predicted molar refractivity (Wildman–Crippen MR) is 81.3 cm³/mol. The Balaban J connectivity index is 1.68. The fourth-order valence-corrected chi connectivity index (χ4v) is 2.53. The Hall–Kier alpha value is -1.70. The van der Waals surface area contributed by atoms with Crippen LogP contribution in [0.15, 0.2) is 28.4 Å². The second-order valence-electron chi connectivity index (χ2n) is 4.43. The molecule has 0 radical (unpaired) electrons. The molecule has 0 aliphatic heterocycles. The molecule has 7 heteroatoms. The van der Waals surface area contributed by atoms with Crippen LogP contribution in [0.3, 0.4) is 0 Å². The Morgan fingerprint density at radius 1 is 1.43 bits per heavy atom. The van der Waals surface area contributed by atoms with Crippen LogP contribution in [0, 0.1) is 0 Å². The van der Waals surface area contributed by atoms with Gasteiger partial charge in [0.25, 0.3) is 0 Å². The highest BCUT2D eigenvalue weighted by atomic mass is 32.1. The van der Waals surface area contributed by atoms with E-state index in [1.165, 1.54) is 11.3 Å². The molecule has 114 valence electrons. The lowest BCUT2D eigenvalue weighted by atomic mass is 10.3. The normalized spacial score (nSPS) is 10.7. The van der Waals surface area contributed by atoms with Crippen LogP contribution in [0.1, 0.15) is 5.69 Å². The number of hydrogen-bond acceptors (Lipinski definition) is 6. The van der Waals surface area contributed by atoms with Gasteiger partial charge in [0.15, 0.2) is 0 Å². The molecule has 2 aromatic heterocycles. The Morgan fingerprint density at radius 2 is 2.33 bits per heavy atom.